The quantitative estimate of drug-likeness (QED) is 0.693. The Morgan fingerprint density at radius 2 is 1.38 bits per heavy atom. The van der Waals surface area contributed by atoms with E-state index in [1.54, 1.807) is 12.1 Å². The maximum Gasteiger partial charge on any atom is 0.156 e. The fourth-order valence-electron chi connectivity index (χ4n) is 0.724. The van der Waals surface area contributed by atoms with Crippen molar-refractivity contribution in [3.63, 3.8) is 0 Å². The summed E-state index contributed by atoms with van der Waals surface area (Å²) >= 11 is 17.1. The lowest BCUT2D eigenvalue weighted by atomic mass is 10.3. The zero-order chi connectivity index (χ0) is 10.4. The van der Waals surface area contributed by atoms with Crippen LogP contribution in [0.2, 0.25) is 15.1 Å². The minimum absolute atomic E-state index is 0.421. The second-order valence-corrected chi connectivity index (χ2v) is 3.15. The molecule has 0 N–H and O–H groups in total. The van der Waals surface area contributed by atoms with E-state index in [9.17, 15) is 0 Å². The molecular formula is C9H11Cl3O. The molecule has 1 aromatic rings. The number of benzene rings is 1. The number of methoxy groups -OCH3 is 1. The highest BCUT2D eigenvalue weighted by Crippen LogP contribution is 2.35. The highest BCUT2D eigenvalue weighted by molar-refractivity contribution is 6.40. The SMILES string of the molecule is CC.COc1c(Cl)cc(Cl)cc1Cl. The van der Waals surface area contributed by atoms with Crippen LogP contribution in [0.4, 0.5) is 0 Å². The number of ether oxygens (including phenoxy) is 1. The molecule has 0 aliphatic carbocycles. The highest BCUT2D eigenvalue weighted by Gasteiger charge is 2.06. The van der Waals surface area contributed by atoms with Crippen LogP contribution in [0.3, 0.4) is 0 Å². The highest BCUT2D eigenvalue weighted by atomic mass is 35.5. The number of hydrogen-bond acceptors (Lipinski definition) is 1. The summed E-state index contributed by atoms with van der Waals surface area (Å²) in [5.41, 5.74) is 0. The second kappa shape index (κ2) is 6.36. The van der Waals surface area contributed by atoms with Gasteiger partial charge in [0.1, 0.15) is 0 Å². The summed E-state index contributed by atoms with van der Waals surface area (Å²) in [6.07, 6.45) is 0. The minimum atomic E-state index is 0.421. The van der Waals surface area contributed by atoms with E-state index < -0.39 is 0 Å². The van der Waals surface area contributed by atoms with Crippen molar-refractivity contribution in [3.8, 4) is 5.75 Å². The number of rotatable bonds is 1. The van der Waals surface area contributed by atoms with Crippen LogP contribution in [-0.2, 0) is 0 Å². The van der Waals surface area contributed by atoms with Gasteiger partial charge in [0.25, 0.3) is 0 Å². The summed E-state index contributed by atoms with van der Waals surface area (Å²) in [4.78, 5) is 0. The first-order chi connectivity index (χ1) is 6.15. The molecule has 0 amide bonds. The third kappa shape index (κ3) is 3.63. The van der Waals surface area contributed by atoms with E-state index in [0.29, 0.717) is 20.8 Å². The summed E-state index contributed by atoms with van der Waals surface area (Å²) in [6, 6.07) is 3.15. The van der Waals surface area contributed by atoms with E-state index in [1.165, 1.54) is 7.11 Å². The van der Waals surface area contributed by atoms with Crippen LogP contribution in [0.1, 0.15) is 13.8 Å². The standard InChI is InChI=1S/C7H5Cl3O.C2H6/c1-11-7-5(9)2-4(8)3-6(7)10;1-2/h2-3H,1H3;1-2H3. The van der Waals surface area contributed by atoms with E-state index in [0.717, 1.165) is 0 Å². The largest absolute Gasteiger partial charge is 0.494 e. The van der Waals surface area contributed by atoms with Gasteiger partial charge in [0.2, 0.25) is 0 Å². The average Bonchev–Trinajstić information content (AvgIpc) is 2.07. The van der Waals surface area contributed by atoms with Crippen molar-refractivity contribution in [1.29, 1.82) is 0 Å². The topological polar surface area (TPSA) is 9.23 Å². The van der Waals surface area contributed by atoms with Crippen LogP contribution in [0, 0.1) is 0 Å². The van der Waals surface area contributed by atoms with E-state index in [-0.39, 0.29) is 0 Å². The lowest BCUT2D eigenvalue weighted by molar-refractivity contribution is 0.415. The van der Waals surface area contributed by atoms with Crippen molar-refractivity contribution in [2.24, 2.45) is 0 Å². The Hall–Kier alpha value is -0.110. The molecule has 4 heteroatoms. The van der Waals surface area contributed by atoms with Crippen LogP contribution in [0.25, 0.3) is 0 Å². The molecule has 0 unspecified atom stereocenters. The monoisotopic (exact) mass is 240 g/mol. The molecule has 0 fully saturated rings. The Bertz CT molecular complexity index is 251. The van der Waals surface area contributed by atoms with Gasteiger partial charge in [0.05, 0.1) is 17.2 Å². The molecule has 74 valence electrons. The molecule has 0 aliphatic heterocycles. The van der Waals surface area contributed by atoms with E-state index in [4.69, 9.17) is 39.5 Å². The van der Waals surface area contributed by atoms with Crippen molar-refractivity contribution < 1.29 is 4.74 Å². The first-order valence-electron chi connectivity index (χ1n) is 3.83. The van der Waals surface area contributed by atoms with Gasteiger partial charge in [0.15, 0.2) is 5.75 Å². The van der Waals surface area contributed by atoms with Crippen LogP contribution < -0.4 is 4.74 Å². The molecule has 13 heavy (non-hydrogen) atoms. The maximum atomic E-state index is 5.74. The van der Waals surface area contributed by atoms with Gasteiger partial charge in [-0.1, -0.05) is 48.7 Å². The molecule has 0 bridgehead atoms. The van der Waals surface area contributed by atoms with Crippen molar-refractivity contribution in [2.75, 3.05) is 7.11 Å². The smallest absolute Gasteiger partial charge is 0.156 e. The Balaban J connectivity index is 0.000000671. The second-order valence-electron chi connectivity index (χ2n) is 1.90. The molecule has 0 aliphatic rings. The molecule has 1 rings (SSSR count). The van der Waals surface area contributed by atoms with Crippen LogP contribution in [0.15, 0.2) is 12.1 Å². The fourth-order valence-corrected chi connectivity index (χ4v) is 1.70. The minimum Gasteiger partial charge on any atom is -0.494 e. The molecule has 0 heterocycles. The van der Waals surface area contributed by atoms with Crippen LogP contribution in [0.5, 0.6) is 5.75 Å². The van der Waals surface area contributed by atoms with E-state index in [2.05, 4.69) is 0 Å². The molecule has 1 nitrogen and oxygen atoms in total. The number of hydrogen-bond donors (Lipinski definition) is 0. The Kier molecular flexibility index (Phi) is 6.31. The van der Waals surface area contributed by atoms with Gasteiger partial charge in [-0.3, -0.25) is 0 Å². The molecule has 0 saturated carbocycles. The summed E-state index contributed by atoms with van der Waals surface area (Å²) in [7, 11) is 1.50. The van der Waals surface area contributed by atoms with E-state index in [1.807, 2.05) is 13.8 Å². The predicted octanol–water partition coefficient (Wildman–Crippen LogP) is 4.68. The fraction of sp³-hybridized carbons (Fsp3) is 0.333. The zero-order valence-corrected chi connectivity index (χ0v) is 9.96. The third-order valence-electron chi connectivity index (χ3n) is 1.17. The Labute approximate surface area is 93.6 Å². The van der Waals surface area contributed by atoms with Gasteiger partial charge in [-0.2, -0.15) is 0 Å². The van der Waals surface area contributed by atoms with Gasteiger partial charge in [-0.15, -0.1) is 0 Å². The van der Waals surface area contributed by atoms with Gasteiger partial charge in [-0.05, 0) is 12.1 Å². The molecular weight excluding hydrogens is 230 g/mol. The number of halogens is 3. The van der Waals surface area contributed by atoms with Crippen molar-refractivity contribution in [2.45, 2.75) is 13.8 Å². The van der Waals surface area contributed by atoms with Crippen molar-refractivity contribution in [3.05, 3.63) is 27.2 Å². The zero-order valence-electron chi connectivity index (χ0n) is 7.70. The first kappa shape index (κ1) is 12.9. The summed E-state index contributed by atoms with van der Waals surface area (Å²) in [5, 5.41) is 1.34. The molecule has 0 atom stereocenters. The normalized spacial score (nSPS) is 8.77. The van der Waals surface area contributed by atoms with Crippen LogP contribution >= 0.6 is 34.8 Å². The predicted molar refractivity (Wildman–Crippen MR) is 59.4 cm³/mol. The Morgan fingerprint density at radius 1 is 1.00 bits per heavy atom. The van der Waals surface area contributed by atoms with E-state index >= 15 is 0 Å². The van der Waals surface area contributed by atoms with Gasteiger partial charge in [0, 0.05) is 5.02 Å². The van der Waals surface area contributed by atoms with Gasteiger partial charge < -0.3 is 4.74 Å². The summed E-state index contributed by atoms with van der Waals surface area (Å²) in [6.45, 7) is 4.00. The molecule has 1 aromatic carbocycles. The third-order valence-corrected chi connectivity index (χ3v) is 1.95. The molecule has 0 saturated heterocycles. The Morgan fingerprint density at radius 3 is 1.69 bits per heavy atom. The van der Waals surface area contributed by atoms with Crippen molar-refractivity contribution in [1.82, 2.24) is 0 Å². The average molecular weight is 242 g/mol. The van der Waals surface area contributed by atoms with Crippen LogP contribution in [-0.4, -0.2) is 7.11 Å². The van der Waals surface area contributed by atoms with Crippen molar-refractivity contribution >= 4 is 34.8 Å². The summed E-state index contributed by atoms with van der Waals surface area (Å²) < 4.78 is 4.91. The first-order valence-corrected chi connectivity index (χ1v) is 4.97. The lowest BCUT2D eigenvalue weighted by Gasteiger charge is -2.04. The lowest BCUT2D eigenvalue weighted by Crippen LogP contribution is -1.84. The molecule has 0 aromatic heterocycles. The van der Waals surface area contributed by atoms with Gasteiger partial charge in [-0.25, -0.2) is 0 Å². The maximum absolute atomic E-state index is 5.74. The summed E-state index contributed by atoms with van der Waals surface area (Å²) in [5.74, 6) is 0.456. The van der Waals surface area contributed by atoms with Gasteiger partial charge >= 0.3 is 0 Å². The molecule has 0 radical (unpaired) electrons. The molecule has 0 spiro atoms.